The van der Waals surface area contributed by atoms with E-state index in [2.05, 4.69) is 5.32 Å². The van der Waals surface area contributed by atoms with Crippen molar-refractivity contribution < 1.29 is 22.3 Å². The number of methoxy groups -OCH3 is 1. The molecule has 1 fully saturated rings. The summed E-state index contributed by atoms with van der Waals surface area (Å²) in [7, 11) is -0.366. The van der Waals surface area contributed by atoms with Gasteiger partial charge in [-0.3, -0.25) is 0 Å². The van der Waals surface area contributed by atoms with Gasteiger partial charge in [0, 0.05) is 20.2 Å². The Balaban J connectivity index is 0.00000312. The summed E-state index contributed by atoms with van der Waals surface area (Å²) in [5, 5.41) is 3.12. The fraction of sp³-hybridized carbons (Fsp3) is 0.625. The number of nitrogens with one attached hydrogen (secondary N) is 1. The van der Waals surface area contributed by atoms with Gasteiger partial charge in [-0.05, 0) is 50.6 Å². The Bertz CT molecular complexity index is 637. The van der Waals surface area contributed by atoms with E-state index in [0.29, 0.717) is 25.6 Å². The Labute approximate surface area is 155 Å². The third kappa shape index (κ3) is 5.79. The van der Waals surface area contributed by atoms with E-state index in [9.17, 15) is 12.8 Å². The third-order valence-electron chi connectivity index (χ3n) is 4.13. The SMILES string of the molecule is CNCC1CCN(S(=O)(=O)c2cc(F)ccc2OCCOC)CC1.Cl. The molecule has 1 aromatic rings. The lowest BCUT2D eigenvalue weighted by Gasteiger charge is -2.31. The van der Waals surface area contributed by atoms with Gasteiger partial charge in [0.2, 0.25) is 10.0 Å². The van der Waals surface area contributed by atoms with Gasteiger partial charge < -0.3 is 14.8 Å². The number of sulfonamides is 1. The molecule has 1 N–H and O–H groups in total. The second-order valence-electron chi connectivity index (χ2n) is 5.84. The zero-order chi connectivity index (χ0) is 17.6. The summed E-state index contributed by atoms with van der Waals surface area (Å²) in [6, 6.07) is 3.57. The average molecular weight is 397 g/mol. The topological polar surface area (TPSA) is 67.9 Å². The summed E-state index contributed by atoms with van der Waals surface area (Å²) in [6.45, 7) is 2.27. The van der Waals surface area contributed by atoms with E-state index in [0.717, 1.165) is 25.5 Å². The molecule has 1 aliphatic rings. The quantitative estimate of drug-likeness (QED) is 0.680. The molecule has 0 atom stereocenters. The first-order valence-corrected chi connectivity index (χ1v) is 9.49. The van der Waals surface area contributed by atoms with Crippen LogP contribution in [0.1, 0.15) is 12.8 Å². The maximum absolute atomic E-state index is 13.6. The highest BCUT2D eigenvalue weighted by molar-refractivity contribution is 7.89. The molecule has 0 aliphatic carbocycles. The lowest BCUT2D eigenvalue weighted by molar-refractivity contribution is 0.144. The van der Waals surface area contributed by atoms with Gasteiger partial charge in [0.05, 0.1) is 6.61 Å². The highest BCUT2D eigenvalue weighted by atomic mass is 35.5. The van der Waals surface area contributed by atoms with Crippen LogP contribution in [0.2, 0.25) is 0 Å². The van der Waals surface area contributed by atoms with Crippen LogP contribution in [0, 0.1) is 11.7 Å². The number of piperidine rings is 1. The van der Waals surface area contributed by atoms with Crippen LogP contribution in [-0.4, -0.2) is 59.7 Å². The number of benzene rings is 1. The van der Waals surface area contributed by atoms with Gasteiger partial charge in [0.25, 0.3) is 0 Å². The monoisotopic (exact) mass is 396 g/mol. The normalized spacial score (nSPS) is 16.4. The number of hydrogen-bond donors (Lipinski definition) is 1. The first-order valence-electron chi connectivity index (χ1n) is 8.05. The van der Waals surface area contributed by atoms with Crippen LogP contribution in [-0.2, 0) is 14.8 Å². The zero-order valence-corrected chi connectivity index (χ0v) is 16.2. The Morgan fingerprint density at radius 2 is 1.96 bits per heavy atom. The van der Waals surface area contributed by atoms with E-state index < -0.39 is 15.8 Å². The van der Waals surface area contributed by atoms with Gasteiger partial charge in [-0.2, -0.15) is 4.31 Å². The average Bonchev–Trinajstić information content (AvgIpc) is 2.57. The highest BCUT2D eigenvalue weighted by Gasteiger charge is 2.31. The maximum Gasteiger partial charge on any atom is 0.246 e. The summed E-state index contributed by atoms with van der Waals surface area (Å²) in [5.41, 5.74) is 0. The van der Waals surface area contributed by atoms with Crippen molar-refractivity contribution >= 4 is 22.4 Å². The summed E-state index contributed by atoms with van der Waals surface area (Å²) in [5.74, 6) is 0.0231. The molecule has 0 saturated carbocycles. The van der Waals surface area contributed by atoms with Crippen molar-refractivity contribution in [3.8, 4) is 5.75 Å². The molecular weight excluding hydrogens is 371 g/mol. The molecule has 0 bridgehead atoms. The van der Waals surface area contributed by atoms with Crippen molar-refractivity contribution in [2.45, 2.75) is 17.7 Å². The molecule has 0 unspecified atom stereocenters. The first-order chi connectivity index (χ1) is 11.5. The van der Waals surface area contributed by atoms with E-state index in [1.807, 2.05) is 7.05 Å². The van der Waals surface area contributed by atoms with E-state index >= 15 is 0 Å². The molecule has 0 amide bonds. The van der Waals surface area contributed by atoms with Crippen molar-refractivity contribution in [2.75, 3.05) is 47.0 Å². The molecule has 1 aliphatic heterocycles. The number of nitrogens with zero attached hydrogens (tertiary/aromatic N) is 1. The molecule has 9 heteroatoms. The molecule has 0 spiro atoms. The Kier molecular flexibility index (Phi) is 9.09. The minimum Gasteiger partial charge on any atom is -0.490 e. The molecule has 1 heterocycles. The first kappa shape index (κ1) is 22.1. The van der Waals surface area contributed by atoms with E-state index in [4.69, 9.17) is 9.47 Å². The van der Waals surface area contributed by atoms with E-state index in [1.165, 1.54) is 23.5 Å². The Morgan fingerprint density at radius 3 is 2.56 bits per heavy atom. The minimum atomic E-state index is -3.78. The molecule has 2 rings (SSSR count). The number of halogens is 2. The van der Waals surface area contributed by atoms with Crippen molar-refractivity contribution in [1.29, 1.82) is 0 Å². The van der Waals surface area contributed by atoms with Crippen molar-refractivity contribution in [3.63, 3.8) is 0 Å². The molecule has 25 heavy (non-hydrogen) atoms. The molecule has 1 aromatic carbocycles. The molecule has 6 nitrogen and oxygen atoms in total. The van der Waals surface area contributed by atoms with Crippen LogP contribution in [0.4, 0.5) is 4.39 Å². The Hall–Kier alpha value is -0.930. The standard InChI is InChI=1S/C16H25FN2O4S.ClH/c1-18-12-13-5-7-19(8-6-13)24(20,21)16-11-14(17)3-4-15(16)23-10-9-22-2;/h3-4,11,13,18H,5-10,12H2,1-2H3;1H. The molecule has 0 aromatic heterocycles. The largest absolute Gasteiger partial charge is 0.490 e. The summed E-state index contributed by atoms with van der Waals surface area (Å²) in [4.78, 5) is -0.120. The molecule has 1 saturated heterocycles. The third-order valence-corrected chi connectivity index (χ3v) is 6.05. The van der Waals surface area contributed by atoms with Gasteiger partial charge >= 0.3 is 0 Å². The van der Waals surface area contributed by atoms with Crippen molar-refractivity contribution in [3.05, 3.63) is 24.0 Å². The summed E-state index contributed by atoms with van der Waals surface area (Å²) < 4.78 is 51.2. The van der Waals surface area contributed by atoms with Crippen LogP contribution < -0.4 is 10.1 Å². The van der Waals surface area contributed by atoms with Crippen LogP contribution >= 0.6 is 12.4 Å². The number of rotatable bonds is 8. The van der Waals surface area contributed by atoms with Crippen molar-refractivity contribution in [1.82, 2.24) is 9.62 Å². The highest BCUT2D eigenvalue weighted by Crippen LogP contribution is 2.30. The van der Waals surface area contributed by atoms with Gasteiger partial charge in [-0.25, -0.2) is 12.8 Å². The molecule has 144 valence electrons. The number of hydrogen-bond acceptors (Lipinski definition) is 5. The lowest BCUT2D eigenvalue weighted by atomic mass is 9.98. The van der Waals surface area contributed by atoms with Gasteiger partial charge in [-0.1, -0.05) is 0 Å². The second kappa shape index (κ2) is 10.3. The van der Waals surface area contributed by atoms with Crippen LogP contribution in [0.25, 0.3) is 0 Å². The van der Waals surface area contributed by atoms with Gasteiger partial charge in [0.1, 0.15) is 23.1 Å². The predicted octanol–water partition coefficient (Wildman–Crippen LogP) is 1.89. The van der Waals surface area contributed by atoms with Gasteiger partial charge in [-0.15, -0.1) is 12.4 Å². The summed E-state index contributed by atoms with van der Waals surface area (Å²) in [6.07, 6.45) is 1.57. The summed E-state index contributed by atoms with van der Waals surface area (Å²) >= 11 is 0. The second-order valence-corrected chi connectivity index (χ2v) is 7.74. The van der Waals surface area contributed by atoms with Gasteiger partial charge in [0.15, 0.2) is 0 Å². The maximum atomic E-state index is 13.6. The van der Waals surface area contributed by atoms with Crippen molar-refractivity contribution in [2.24, 2.45) is 5.92 Å². The fourth-order valence-electron chi connectivity index (χ4n) is 2.82. The zero-order valence-electron chi connectivity index (χ0n) is 14.5. The van der Waals surface area contributed by atoms with E-state index in [-0.39, 0.29) is 29.7 Å². The lowest BCUT2D eigenvalue weighted by Crippen LogP contribution is -2.40. The van der Waals surface area contributed by atoms with E-state index in [1.54, 1.807) is 0 Å². The minimum absolute atomic E-state index is 0. The number of ether oxygens (including phenoxy) is 2. The molecule has 0 radical (unpaired) electrons. The van der Waals surface area contributed by atoms with Crippen LogP contribution in [0.3, 0.4) is 0 Å². The Morgan fingerprint density at radius 1 is 1.28 bits per heavy atom. The van der Waals surface area contributed by atoms with Crippen LogP contribution in [0.5, 0.6) is 5.75 Å². The molecular formula is C16H26ClFN2O4S. The fourth-order valence-corrected chi connectivity index (χ4v) is 4.43. The smallest absolute Gasteiger partial charge is 0.246 e. The predicted molar refractivity (Wildman–Crippen MR) is 96.4 cm³/mol. The van der Waals surface area contributed by atoms with Crippen LogP contribution in [0.15, 0.2) is 23.1 Å².